The van der Waals surface area contributed by atoms with Gasteiger partial charge in [-0.05, 0) is 48.5 Å². The fourth-order valence-electron chi connectivity index (χ4n) is 3.03. The van der Waals surface area contributed by atoms with E-state index in [9.17, 15) is 0 Å². The van der Waals surface area contributed by atoms with E-state index in [2.05, 4.69) is 15.3 Å². The molecule has 0 aliphatic heterocycles. The van der Waals surface area contributed by atoms with Gasteiger partial charge in [-0.3, -0.25) is 0 Å². The van der Waals surface area contributed by atoms with Crippen molar-refractivity contribution >= 4 is 18.4 Å². The first-order valence-corrected chi connectivity index (χ1v) is 10.2. The lowest BCUT2D eigenvalue weighted by atomic mass is 10.1. The molecule has 0 spiro atoms. The molecule has 4 aromatic rings. The van der Waals surface area contributed by atoms with Gasteiger partial charge in [0.05, 0.1) is 13.3 Å². The standard InChI is InChI=1S/C24H22N4O2S/c1-17-8-11-20(12-9-17)23-26-27-24(31)28(23)25-15-19-10-13-21(22(14-19)29-2)30-16-18-6-4-3-5-7-18/h3-15H,16H2,1-2H3,(H,27,31). The fraction of sp³-hybridized carbons (Fsp3) is 0.125. The van der Waals surface area contributed by atoms with E-state index in [0.29, 0.717) is 28.7 Å². The van der Waals surface area contributed by atoms with Crippen molar-refractivity contribution in [2.45, 2.75) is 13.5 Å². The van der Waals surface area contributed by atoms with Crippen molar-refractivity contribution < 1.29 is 9.47 Å². The van der Waals surface area contributed by atoms with E-state index in [1.165, 1.54) is 5.56 Å². The maximum Gasteiger partial charge on any atom is 0.216 e. The van der Waals surface area contributed by atoms with Crippen LogP contribution in [0.4, 0.5) is 0 Å². The Balaban J connectivity index is 1.55. The number of H-pyrrole nitrogens is 1. The number of nitrogens with one attached hydrogen (secondary N) is 1. The number of benzene rings is 3. The molecule has 3 aromatic carbocycles. The largest absolute Gasteiger partial charge is 0.493 e. The van der Waals surface area contributed by atoms with Gasteiger partial charge in [0.25, 0.3) is 0 Å². The fourth-order valence-corrected chi connectivity index (χ4v) is 3.21. The van der Waals surface area contributed by atoms with Crippen molar-refractivity contribution in [2.24, 2.45) is 5.10 Å². The van der Waals surface area contributed by atoms with Gasteiger partial charge in [-0.2, -0.15) is 14.9 Å². The Bertz CT molecular complexity index is 1240. The summed E-state index contributed by atoms with van der Waals surface area (Å²) in [4.78, 5) is 0. The summed E-state index contributed by atoms with van der Waals surface area (Å²) >= 11 is 5.35. The number of methoxy groups -OCH3 is 1. The maximum atomic E-state index is 5.92. The molecule has 0 aliphatic carbocycles. The van der Waals surface area contributed by atoms with Gasteiger partial charge >= 0.3 is 0 Å². The van der Waals surface area contributed by atoms with Gasteiger partial charge in [0.2, 0.25) is 4.77 Å². The molecule has 4 rings (SSSR count). The van der Waals surface area contributed by atoms with Gasteiger partial charge in [-0.15, -0.1) is 0 Å². The minimum Gasteiger partial charge on any atom is -0.493 e. The van der Waals surface area contributed by atoms with E-state index in [-0.39, 0.29) is 0 Å². The SMILES string of the molecule is COc1cc(C=Nn2c(-c3ccc(C)cc3)n[nH]c2=S)ccc1OCc1ccccc1. The van der Waals surface area contributed by atoms with Crippen molar-refractivity contribution in [3.63, 3.8) is 0 Å². The van der Waals surface area contributed by atoms with Crippen LogP contribution < -0.4 is 9.47 Å². The molecular weight excluding hydrogens is 408 g/mol. The minimum atomic E-state index is 0.418. The molecular formula is C24H22N4O2S. The molecule has 156 valence electrons. The van der Waals surface area contributed by atoms with E-state index in [4.69, 9.17) is 21.7 Å². The zero-order valence-corrected chi connectivity index (χ0v) is 18.1. The third kappa shape index (κ3) is 4.90. The number of aryl methyl sites for hydroxylation is 1. The number of ether oxygens (including phenoxy) is 2. The minimum absolute atomic E-state index is 0.418. The molecule has 0 atom stereocenters. The Labute approximate surface area is 185 Å². The highest BCUT2D eigenvalue weighted by Gasteiger charge is 2.09. The van der Waals surface area contributed by atoms with E-state index in [1.54, 1.807) is 18.0 Å². The number of nitrogens with zero attached hydrogens (tertiary/aromatic N) is 3. The Morgan fingerprint density at radius 2 is 1.81 bits per heavy atom. The summed E-state index contributed by atoms with van der Waals surface area (Å²) in [6.45, 7) is 2.51. The number of aromatic nitrogens is 3. The van der Waals surface area contributed by atoms with Crippen molar-refractivity contribution in [1.29, 1.82) is 0 Å². The highest BCUT2D eigenvalue weighted by Crippen LogP contribution is 2.28. The van der Waals surface area contributed by atoms with E-state index >= 15 is 0 Å². The van der Waals surface area contributed by atoms with Crippen LogP contribution in [0.1, 0.15) is 16.7 Å². The molecule has 0 aliphatic rings. The Kier molecular flexibility index (Phi) is 6.24. The number of rotatable bonds is 7. The predicted octanol–water partition coefficient (Wildman–Crippen LogP) is 5.39. The lowest BCUT2D eigenvalue weighted by Crippen LogP contribution is -1.99. The number of hydrogen-bond acceptors (Lipinski definition) is 5. The highest BCUT2D eigenvalue weighted by atomic mass is 32.1. The second kappa shape index (κ2) is 9.40. The molecule has 31 heavy (non-hydrogen) atoms. The van der Waals surface area contributed by atoms with E-state index < -0.39 is 0 Å². The molecule has 7 heteroatoms. The van der Waals surface area contributed by atoms with Crippen LogP contribution in [0.3, 0.4) is 0 Å². The molecule has 0 saturated heterocycles. The quantitative estimate of drug-likeness (QED) is 0.316. The molecule has 0 amide bonds. The summed E-state index contributed by atoms with van der Waals surface area (Å²) in [5.41, 5.74) is 4.04. The Morgan fingerprint density at radius 1 is 1.03 bits per heavy atom. The van der Waals surface area contributed by atoms with Crippen LogP contribution >= 0.6 is 12.2 Å². The zero-order chi connectivity index (χ0) is 21.6. The summed E-state index contributed by atoms with van der Waals surface area (Å²) in [6, 6.07) is 23.7. The first-order chi connectivity index (χ1) is 15.1. The highest BCUT2D eigenvalue weighted by molar-refractivity contribution is 7.71. The molecule has 0 bridgehead atoms. The third-order valence-electron chi connectivity index (χ3n) is 4.71. The smallest absolute Gasteiger partial charge is 0.216 e. The summed E-state index contributed by atoms with van der Waals surface area (Å²) in [5, 5.41) is 11.7. The van der Waals surface area contributed by atoms with Gasteiger partial charge in [-0.25, -0.2) is 5.10 Å². The normalized spacial score (nSPS) is 11.0. The molecule has 6 nitrogen and oxygen atoms in total. The summed E-state index contributed by atoms with van der Waals surface area (Å²) in [7, 11) is 1.62. The average molecular weight is 431 g/mol. The molecule has 0 fully saturated rings. The molecule has 1 N–H and O–H groups in total. The Morgan fingerprint density at radius 3 is 2.55 bits per heavy atom. The number of hydrogen-bond donors (Lipinski definition) is 1. The molecule has 0 saturated carbocycles. The predicted molar refractivity (Wildman–Crippen MR) is 124 cm³/mol. The van der Waals surface area contributed by atoms with Crippen LogP contribution in [-0.4, -0.2) is 28.2 Å². The third-order valence-corrected chi connectivity index (χ3v) is 4.97. The lowest BCUT2D eigenvalue weighted by Gasteiger charge is -2.11. The zero-order valence-electron chi connectivity index (χ0n) is 17.3. The van der Waals surface area contributed by atoms with E-state index in [1.807, 2.05) is 79.7 Å². The maximum absolute atomic E-state index is 5.92. The summed E-state index contributed by atoms with van der Waals surface area (Å²) in [6.07, 6.45) is 1.71. The summed E-state index contributed by atoms with van der Waals surface area (Å²) < 4.78 is 13.4. The molecule has 1 aromatic heterocycles. The van der Waals surface area contributed by atoms with E-state index in [0.717, 1.165) is 16.7 Å². The van der Waals surface area contributed by atoms with Crippen LogP contribution in [0, 0.1) is 11.7 Å². The second-order valence-electron chi connectivity index (χ2n) is 6.96. The van der Waals surface area contributed by atoms with Crippen LogP contribution in [0.2, 0.25) is 0 Å². The number of aromatic amines is 1. The molecule has 0 radical (unpaired) electrons. The van der Waals surface area contributed by atoms with Gasteiger partial charge in [-0.1, -0.05) is 60.2 Å². The second-order valence-corrected chi connectivity index (χ2v) is 7.35. The van der Waals surface area contributed by atoms with Gasteiger partial charge < -0.3 is 9.47 Å². The summed E-state index contributed by atoms with van der Waals surface area (Å²) in [5.74, 6) is 1.95. The van der Waals surface area contributed by atoms with Crippen molar-refractivity contribution in [3.05, 3.63) is 94.3 Å². The van der Waals surface area contributed by atoms with Gasteiger partial charge in [0, 0.05) is 5.56 Å². The Hall–Kier alpha value is -3.71. The van der Waals surface area contributed by atoms with Crippen LogP contribution in [0.25, 0.3) is 11.4 Å². The van der Waals surface area contributed by atoms with Crippen molar-refractivity contribution in [2.75, 3.05) is 7.11 Å². The first-order valence-electron chi connectivity index (χ1n) is 9.77. The lowest BCUT2D eigenvalue weighted by molar-refractivity contribution is 0.284. The first kappa shape index (κ1) is 20.6. The average Bonchev–Trinajstić information content (AvgIpc) is 3.18. The van der Waals surface area contributed by atoms with Gasteiger partial charge in [0.15, 0.2) is 17.3 Å². The molecule has 1 heterocycles. The van der Waals surface area contributed by atoms with Crippen LogP contribution in [0.15, 0.2) is 77.9 Å². The molecule has 0 unspecified atom stereocenters. The van der Waals surface area contributed by atoms with Crippen molar-refractivity contribution in [3.8, 4) is 22.9 Å². The topological polar surface area (TPSA) is 64.4 Å². The monoisotopic (exact) mass is 430 g/mol. The van der Waals surface area contributed by atoms with Crippen molar-refractivity contribution in [1.82, 2.24) is 14.9 Å². The van der Waals surface area contributed by atoms with Gasteiger partial charge in [0.1, 0.15) is 6.61 Å². The van der Waals surface area contributed by atoms with Crippen LogP contribution in [-0.2, 0) is 6.61 Å². The van der Waals surface area contributed by atoms with Crippen LogP contribution in [0.5, 0.6) is 11.5 Å².